The van der Waals surface area contributed by atoms with E-state index in [9.17, 15) is 9.59 Å². The SMILES string of the molecule is COc1cc2c(cc1OCCCOc1cc3cc(C(=O)CCC(=O)O)[nH]c3cc1OC)CNC2. The lowest BCUT2D eigenvalue weighted by molar-refractivity contribution is -0.136. The molecule has 0 aliphatic carbocycles. The first-order chi connectivity index (χ1) is 16.5. The monoisotopic (exact) mass is 468 g/mol. The molecule has 180 valence electrons. The van der Waals surface area contributed by atoms with E-state index < -0.39 is 5.97 Å². The van der Waals surface area contributed by atoms with E-state index in [1.54, 1.807) is 32.4 Å². The van der Waals surface area contributed by atoms with Crippen LogP contribution in [0, 0.1) is 0 Å². The summed E-state index contributed by atoms with van der Waals surface area (Å²) in [5.41, 5.74) is 3.52. The molecule has 0 fully saturated rings. The molecule has 3 aromatic rings. The molecule has 4 rings (SSSR count). The molecule has 9 heteroatoms. The zero-order valence-corrected chi connectivity index (χ0v) is 19.2. The average molecular weight is 469 g/mol. The van der Waals surface area contributed by atoms with Crippen molar-refractivity contribution < 1.29 is 33.6 Å². The summed E-state index contributed by atoms with van der Waals surface area (Å²) in [4.78, 5) is 26.0. The number of carbonyl (C=O) groups excluding carboxylic acids is 1. The molecular formula is C25H28N2O7. The molecule has 34 heavy (non-hydrogen) atoms. The molecule has 0 bridgehead atoms. The van der Waals surface area contributed by atoms with Crippen molar-refractivity contribution in [3.63, 3.8) is 0 Å². The minimum Gasteiger partial charge on any atom is -0.493 e. The van der Waals surface area contributed by atoms with Gasteiger partial charge in [0.05, 0.1) is 39.5 Å². The number of aromatic amines is 1. The van der Waals surface area contributed by atoms with Crippen molar-refractivity contribution in [2.45, 2.75) is 32.4 Å². The highest BCUT2D eigenvalue weighted by Crippen LogP contribution is 2.34. The van der Waals surface area contributed by atoms with Crippen LogP contribution in [-0.2, 0) is 17.9 Å². The lowest BCUT2D eigenvalue weighted by Crippen LogP contribution is -2.06. The number of carbonyl (C=O) groups is 2. The molecule has 0 atom stereocenters. The lowest BCUT2D eigenvalue weighted by atomic mass is 10.1. The maximum atomic E-state index is 12.2. The Bertz CT molecular complexity index is 1200. The van der Waals surface area contributed by atoms with Gasteiger partial charge < -0.3 is 34.4 Å². The molecular weight excluding hydrogens is 440 g/mol. The van der Waals surface area contributed by atoms with Crippen molar-refractivity contribution in [1.82, 2.24) is 10.3 Å². The number of hydrogen-bond acceptors (Lipinski definition) is 7. The molecule has 2 aromatic carbocycles. The van der Waals surface area contributed by atoms with Gasteiger partial charge in [-0.15, -0.1) is 0 Å². The highest BCUT2D eigenvalue weighted by atomic mass is 16.5. The number of Topliss-reactive ketones (excluding diaryl/α,β-unsaturated/α-hetero) is 1. The number of carboxylic acids is 1. The molecule has 0 saturated carbocycles. The fourth-order valence-corrected chi connectivity index (χ4v) is 3.92. The lowest BCUT2D eigenvalue weighted by Gasteiger charge is -2.14. The molecule has 1 aliphatic heterocycles. The van der Waals surface area contributed by atoms with Gasteiger partial charge in [-0.3, -0.25) is 9.59 Å². The first-order valence-electron chi connectivity index (χ1n) is 11.1. The van der Waals surface area contributed by atoms with Gasteiger partial charge in [-0.1, -0.05) is 0 Å². The minimum absolute atomic E-state index is 0.0613. The summed E-state index contributed by atoms with van der Waals surface area (Å²) in [5, 5.41) is 12.9. The molecule has 0 spiro atoms. The normalized spacial score (nSPS) is 12.4. The van der Waals surface area contributed by atoms with E-state index in [0.717, 1.165) is 30.0 Å². The van der Waals surface area contributed by atoms with Crippen LogP contribution in [0.1, 0.15) is 40.9 Å². The number of carboxylic acid groups (broad SMARTS) is 1. The van der Waals surface area contributed by atoms with Crippen LogP contribution in [-0.4, -0.2) is 49.3 Å². The number of ether oxygens (including phenoxy) is 4. The summed E-state index contributed by atoms with van der Waals surface area (Å²) in [6.07, 6.45) is 0.377. The van der Waals surface area contributed by atoms with Gasteiger partial charge in [-0.05, 0) is 35.4 Å². The van der Waals surface area contributed by atoms with E-state index in [2.05, 4.69) is 10.3 Å². The summed E-state index contributed by atoms with van der Waals surface area (Å²) in [5.74, 6) is 1.27. The highest BCUT2D eigenvalue weighted by Gasteiger charge is 2.16. The molecule has 0 amide bonds. The van der Waals surface area contributed by atoms with Gasteiger partial charge in [0, 0.05) is 42.9 Å². The van der Waals surface area contributed by atoms with E-state index in [-0.39, 0.29) is 18.6 Å². The van der Waals surface area contributed by atoms with Crippen LogP contribution in [0.2, 0.25) is 0 Å². The smallest absolute Gasteiger partial charge is 0.303 e. The van der Waals surface area contributed by atoms with E-state index in [0.29, 0.717) is 42.3 Å². The average Bonchev–Trinajstić information content (AvgIpc) is 3.46. The van der Waals surface area contributed by atoms with Crippen LogP contribution in [0.25, 0.3) is 10.9 Å². The Morgan fingerprint density at radius 3 is 2.12 bits per heavy atom. The van der Waals surface area contributed by atoms with Crippen molar-refractivity contribution in [3.05, 3.63) is 47.2 Å². The number of fused-ring (bicyclic) bond motifs is 2. The third-order valence-electron chi connectivity index (χ3n) is 5.69. The molecule has 1 aliphatic rings. The fraction of sp³-hybridized carbons (Fsp3) is 0.360. The van der Waals surface area contributed by atoms with Gasteiger partial charge in [0.15, 0.2) is 28.8 Å². The standard InChI is InChI=1S/C25H28N2O7/c1-31-21-10-16-13-26-14-17(16)11-24(21)34-7-3-6-33-23-9-15-8-19(20(28)4-5-25(29)30)27-18(15)12-22(23)32-2/h8-12,26-27H,3-7,13-14H2,1-2H3,(H,29,30). The number of nitrogens with one attached hydrogen (secondary N) is 2. The maximum absolute atomic E-state index is 12.2. The topological polar surface area (TPSA) is 119 Å². The highest BCUT2D eigenvalue weighted by molar-refractivity contribution is 6.00. The summed E-state index contributed by atoms with van der Waals surface area (Å²) < 4.78 is 22.8. The van der Waals surface area contributed by atoms with Crippen LogP contribution in [0.5, 0.6) is 23.0 Å². The molecule has 0 saturated heterocycles. The number of hydrogen-bond donors (Lipinski definition) is 3. The van der Waals surface area contributed by atoms with Crippen LogP contribution >= 0.6 is 0 Å². The second kappa shape index (κ2) is 10.5. The van der Waals surface area contributed by atoms with Gasteiger partial charge in [0.2, 0.25) is 0 Å². The second-order valence-electron chi connectivity index (χ2n) is 8.02. The molecule has 1 aromatic heterocycles. The van der Waals surface area contributed by atoms with E-state index in [4.69, 9.17) is 24.1 Å². The van der Waals surface area contributed by atoms with E-state index in [1.807, 2.05) is 12.1 Å². The van der Waals surface area contributed by atoms with Gasteiger partial charge in [-0.2, -0.15) is 0 Å². The number of H-pyrrole nitrogens is 1. The number of benzene rings is 2. The van der Waals surface area contributed by atoms with Gasteiger partial charge >= 0.3 is 5.97 Å². The summed E-state index contributed by atoms with van der Waals surface area (Å²) >= 11 is 0. The van der Waals surface area contributed by atoms with Crippen LogP contribution in [0.4, 0.5) is 0 Å². The number of aromatic nitrogens is 1. The summed E-state index contributed by atoms with van der Waals surface area (Å²) in [6.45, 7) is 2.53. The molecule has 9 nitrogen and oxygen atoms in total. The Hall–Kier alpha value is -3.72. The van der Waals surface area contributed by atoms with E-state index >= 15 is 0 Å². The van der Waals surface area contributed by atoms with Gasteiger partial charge in [0.1, 0.15) is 0 Å². The maximum Gasteiger partial charge on any atom is 0.303 e. The number of rotatable bonds is 12. The van der Waals surface area contributed by atoms with Crippen molar-refractivity contribution in [3.8, 4) is 23.0 Å². The van der Waals surface area contributed by atoms with Crippen molar-refractivity contribution in [2.24, 2.45) is 0 Å². The zero-order chi connectivity index (χ0) is 24.1. The molecule has 0 unspecified atom stereocenters. The first kappa shape index (κ1) is 23.4. The number of methoxy groups -OCH3 is 2. The summed E-state index contributed by atoms with van der Waals surface area (Å²) in [6, 6.07) is 9.30. The Morgan fingerprint density at radius 2 is 1.47 bits per heavy atom. The zero-order valence-electron chi connectivity index (χ0n) is 19.2. The third kappa shape index (κ3) is 5.26. The minimum atomic E-state index is -1.00. The van der Waals surface area contributed by atoms with Crippen molar-refractivity contribution >= 4 is 22.7 Å². The fourth-order valence-electron chi connectivity index (χ4n) is 3.92. The number of ketones is 1. The van der Waals surface area contributed by atoms with Gasteiger partial charge in [0.25, 0.3) is 0 Å². The Kier molecular flexibility index (Phi) is 7.22. The van der Waals surface area contributed by atoms with E-state index in [1.165, 1.54) is 11.1 Å². The summed E-state index contributed by atoms with van der Waals surface area (Å²) in [7, 11) is 3.18. The predicted octanol–water partition coefficient (Wildman–Crippen LogP) is 3.68. The number of aliphatic carboxylic acids is 1. The van der Waals surface area contributed by atoms with Crippen LogP contribution in [0.15, 0.2) is 30.3 Å². The molecule has 2 heterocycles. The van der Waals surface area contributed by atoms with Crippen molar-refractivity contribution in [1.29, 1.82) is 0 Å². The Morgan fingerprint density at radius 1 is 0.853 bits per heavy atom. The molecule has 0 radical (unpaired) electrons. The van der Waals surface area contributed by atoms with Gasteiger partial charge in [-0.25, -0.2) is 0 Å². The Balaban J connectivity index is 1.35. The second-order valence-corrected chi connectivity index (χ2v) is 8.02. The first-order valence-corrected chi connectivity index (χ1v) is 11.1. The Labute approximate surface area is 197 Å². The third-order valence-corrected chi connectivity index (χ3v) is 5.69. The molecule has 3 N–H and O–H groups in total. The van der Waals surface area contributed by atoms with Crippen LogP contribution in [0.3, 0.4) is 0 Å². The van der Waals surface area contributed by atoms with Crippen LogP contribution < -0.4 is 24.3 Å². The largest absolute Gasteiger partial charge is 0.493 e. The quantitative estimate of drug-likeness (QED) is 0.272. The van der Waals surface area contributed by atoms with Crippen molar-refractivity contribution in [2.75, 3.05) is 27.4 Å². The predicted molar refractivity (Wildman–Crippen MR) is 125 cm³/mol.